The highest BCUT2D eigenvalue weighted by Gasteiger charge is 2.31. The van der Waals surface area contributed by atoms with Gasteiger partial charge in [0.1, 0.15) is 0 Å². The number of methoxy groups -OCH3 is 1. The van der Waals surface area contributed by atoms with Gasteiger partial charge >= 0.3 is 0 Å². The largest absolute Gasteiger partial charge is 0.396 e. The molecule has 0 aromatic carbocycles. The van der Waals surface area contributed by atoms with Crippen LogP contribution in [0.15, 0.2) is 0 Å². The molecule has 1 N–H and O–H groups in total. The van der Waals surface area contributed by atoms with Crippen molar-refractivity contribution in [3.8, 4) is 0 Å². The van der Waals surface area contributed by atoms with Crippen molar-refractivity contribution >= 4 is 10.2 Å². The van der Waals surface area contributed by atoms with Crippen molar-refractivity contribution < 1.29 is 18.3 Å². The Balaban J connectivity index is 2.62. The minimum atomic E-state index is -3.37. The average Bonchev–Trinajstić information content (AvgIpc) is 2.39. The minimum Gasteiger partial charge on any atom is -0.396 e. The molecule has 1 heterocycles. The Morgan fingerprint density at radius 3 is 2.44 bits per heavy atom. The fourth-order valence-electron chi connectivity index (χ4n) is 2.12. The fourth-order valence-corrected chi connectivity index (χ4v) is 3.75. The topological polar surface area (TPSA) is 70.1 Å². The fraction of sp³-hybridized carbons (Fsp3) is 1.00. The van der Waals surface area contributed by atoms with Gasteiger partial charge in [0.05, 0.1) is 6.61 Å². The van der Waals surface area contributed by atoms with Crippen molar-refractivity contribution in [3.05, 3.63) is 0 Å². The second kappa shape index (κ2) is 7.40. The van der Waals surface area contributed by atoms with Crippen LogP contribution in [0.3, 0.4) is 0 Å². The van der Waals surface area contributed by atoms with Crippen LogP contribution in [-0.2, 0) is 14.9 Å². The van der Waals surface area contributed by atoms with Crippen molar-refractivity contribution in [2.45, 2.75) is 19.8 Å². The summed E-state index contributed by atoms with van der Waals surface area (Å²) in [5.41, 5.74) is 0. The predicted molar refractivity (Wildman–Crippen MR) is 69.4 cm³/mol. The average molecular weight is 280 g/mol. The molecule has 1 aliphatic rings. The first kappa shape index (κ1) is 15.8. The Bertz CT molecular complexity index is 326. The van der Waals surface area contributed by atoms with Crippen LogP contribution >= 0.6 is 0 Å². The van der Waals surface area contributed by atoms with Crippen molar-refractivity contribution in [3.63, 3.8) is 0 Å². The monoisotopic (exact) mass is 280 g/mol. The van der Waals surface area contributed by atoms with Gasteiger partial charge in [0, 0.05) is 39.9 Å². The summed E-state index contributed by atoms with van der Waals surface area (Å²) in [5, 5.41) is 9.06. The molecule has 0 aromatic rings. The molecule has 0 aliphatic carbocycles. The molecule has 0 radical (unpaired) electrons. The normalized spacial score (nSPS) is 19.6. The molecule has 108 valence electrons. The summed E-state index contributed by atoms with van der Waals surface area (Å²) in [6, 6.07) is 0. The summed E-state index contributed by atoms with van der Waals surface area (Å²) in [5.74, 6) is 0.241. The van der Waals surface area contributed by atoms with E-state index in [1.807, 2.05) is 6.92 Å². The first-order valence-corrected chi connectivity index (χ1v) is 7.81. The highest BCUT2D eigenvalue weighted by Crippen LogP contribution is 2.20. The molecule has 0 amide bonds. The first-order valence-electron chi connectivity index (χ1n) is 6.41. The van der Waals surface area contributed by atoms with E-state index in [4.69, 9.17) is 9.84 Å². The molecule has 0 unspecified atom stereocenters. The van der Waals surface area contributed by atoms with E-state index in [1.165, 1.54) is 8.61 Å². The zero-order chi connectivity index (χ0) is 13.6. The molecule has 1 fully saturated rings. The maximum Gasteiger partial charge on any atom is 0.282 e. The lowest BCUT2D eigenvalue weighted by atomic mass is 10.00. The standard InChI is InChI=1S/C11H24N2O4S/c1-3-12(8-9-17-2)18(15,16)13-6-4-11(10-14)5-7-13/h11,14H,3-10H2,1-2H3. The molecule has 18 heavy (non-hydrogen) atoms. The smallest absolute Gasteiger partial charge is 0.282 e. The number of aliphatic hydroxyl groups excluding tert-OH is 1. The zero-order valence-corrected chi connectivity index (χ0v) is 12.0. The predicted octanol–water partition coefficient (Wildman–Crippen LogP) is -0.0962. The van der Waals surface area contributed by atoms with Gasteiger partial charge in [-0.1, -0.05) is 6.92 Å². The third kappa shape index (κ3) is 3.89. The van der Waals surface area contributed by atoms with Gasteiger partial charge in [0.25, 0.3) is 10.2 Å². The molecule has 6 nitrogen and oxygen atoms in total. The molecule has 0 aromatic heterocycles. The van der Waals surface area contributed by atoms with Gasteiger partial charge in [0.15, 0.2) is 0 Å². The molecular formula is C11H24N2O4S. The van der Waals surface area contributed by atoms with Crippen molar-refractivity contribution in [2.75, 3.05) is 46.5 Å². The lowest BCUT2D eigenvalue weighted by molar-refractivity contribution is 0.158. The SMILES string of the molecule is CCN(CCOC)S(=O)(=O)N1CCC(CO)CC1. The Kier molecular flexibility index (Phi) is 6.51. The van der Waals surface area contributed by atoms with E-state index >= 15 is 0 Å². The Labute approximate surface area is 110 Å². The highest BCUT2D eigenvalue weighted by atomic mass is 32.2. The Morgan fingerprint density at radius 1 is 1.39 bits per heavy atom. The van der Waals surface area contributed by atoms with Gasteiger partial charge in [-0.2, -0.15) is 17.0 Å². The van der Waals surface area contributed by atoms with Crippen LogP contribution in [0.2, 0.25) is 0 Å². The molecule has 0 saturated carbocycles. The Morgan fingerprint density at radius 2 is 2.00 bits per heavy atom. The van der Waals surface area contributed by atoms with Crippen LogP contribution in [0.5, 0.6) is 0 Å². The van der Waals surface area contributed by atoms with E-state index in [0.29, 0.717) is 32.8 Å². The third-order valence-corrected chi connectivity index (χ3v) is 5.49. The van der Waals surface area contributed by atoms with Gasteiger partial charge in [-0.3, -0.25) is 0 Å². The molecule has 1 saturated heterocycles. The lowest BCUT2D eigenvalue weighted by Crippen LogP contribution is -2.48. The number of rotatable bonds is 7. The van der Waals surface area contributed by atoms with Gasteiger partial charge in [-0.15, -0.1) is 0 Å². The number of aliphatic hydroxyl groups is 1. The van der Waals surface area contributed by atoms with Crippen molar-refractivity contribution in [1.82, 2.24) is 8.61 Å². The van der Waals surface area contributed by atoms with Crippen molar-refractivity contribution in [2.24, 2.45) is 5.92 Å². The maximum atomic E-state index is 12.4. The number of nitrogens with zero attached hydrogens (tertiary/aromatic N) is 2. The minimum absolute atomic E-state index is 0.148. The summed E-state index contributed by atoms with van der Waals surface area (Å²) in [4.78, 5) is 0. The maximum absolute atomic E-state index is 12.4. The van der Waals surface area contributed by atoms with E-state index < -0.39 is 10.2 Å². The second-order valence-electron chi connectivity index (χ2n) is 4.52. The molecule has 0 spiro atoms. The number of hydrogen-bond acceptors (Lipinski definition) is 4. The summed E-state index contributed by atoms with van der Waals surface area (Å²) < 4.78 is 32.6. The van der Waals surface area contributed by atoms with Gasteiger partial charge in [-0.25, -0.2) is 0 Å². The summed E-state index contributed by atoms with van der Waals surface area (Å²) >= 11 is 0. The van der Waals surface area contributed by atoms with E-state index in [-0.39, 0.29) is 12.5 Å². The number of ether oxygens (including phenoxy) is 1. The van der Waals surface area contributed by atoms with Crippen LogP contribution in [-0.4, -0.2) is 68.6 Å². The molecule has 0 bridgehead atoms. The van der Waals surface area contributed by atoms with Gasteiger partial charge in [-0.05, 0) is 18.8 Å². The highest BCUT2D eigenvalue weighted by molar-refractivity contribution is 7.86. The molecule has 1 aliphatic heterocycles. The van der Waals surface area contributed by atoms with E-state index in [2.05, 4.69) is 0 Å². The lowest BCUT2D eigenvalue weighted by Gasteiger charge is -2.34. The first-order chi connectivity index (χ1) is 8.56. The summed E-state index contributed by atoms with van der Waals surface area (Å²) in [6.07, 6.45) is 1.47. The number of hydrogen-bond donors (Lipinski definition) is 1. The van der Waals surface area contributed by atoms with Crippen LogP contribution in [0.4, 0.5) is 0 Å². The van der Waals surface area contributed by atoms with Crippen molar-refractivity contribution in [1.29, 1.82) is 0 Å². The summed E-state index contributed by atoms with van der Waals surface area (Å²) in [6.45, 7) is 4.21. The van der Waals surface area contributed by atoms with Crippen LogP contribution < -0.4 is 0 Å². The third-order valence-electron chi connectivity index (χ3n) is 3.38. The van der Waals surface area contributed by atoms with Crippen LogP contribution in [0, 0.1) is 5.92 Å². The van der Waals surface area contributed by atoms with E-state index in [9.17, 15) is 8.42 Å². The van der Waals surface area contributed by atoms with E-state index in [0.717, 1.165) is 12.8 Å². The molecule has 7 heteroatoms. The van der Waals surface area contributed by atoms with Gasteiger partial charge in [0.2, 0.25) is 0 Å². The quantitative estimate of drug-likeness (QED) is 0.707. The molecule has 0 atom stereocenters. The number of piperidine rings is 1. The summed E-state index contributed by atoms with van der Waals surface area (Å²) in [7, 11) is -1.81. The second-order valence-corrected chi connectivity index (χ2v) is 6.45. The van der Waals surface area contributed by atoms with Crippen LogP contribution in [0.1, 0.15) is 19.8 Å². The van der Waals surface area contributed by atoms with E-state index in [1.54, 1.807) is 7.11 Å². The molecular weight excluding hydrogens is 256 g/mol. The Hall–Kier alpha value is -0.210. The zero-order valence-electron chi connectivity index (χ0n) is 11.2. The van der Waals surface area contributed by atoms with Gasteiger partial charge < -0.3 is 9.84 Å². The number of likely N-dealkylation sites (N-methyl/N-ethyl adjacent to an activating group) is 1. The molecule has 1 rings (SSSR count). The van der Waals surface area contributed by atoms with Crippen LogP contribution in [0.25, 0.3) is 0 Å².